The smallest absolute Gasteiger partial charge is 0.293 e. The lowest BCUT2D eigenvalue weighted by Gasteiger charge is -2.13. The molecule has 2 rings (SSSR count). The first kappa shape index (κ1) is 18.9. The number of nitrogens with one attached hydrogen (secondary N) is 1. The van der Waals surface area contributed by atoms with Gasteiger partial charge in [-0.05, 0) is 32.4 Å². The van der Waals surface area contributed by atoms with E-state index < -0.39 is 16.1 Å². The second kappa shape index (κ2) is 8.11. The minimum absolute atomic E-state index is 0.0617. The van der Waals surface area contributed by atoms with Crippen LogP contribution in [0.5, 0.6) is 0 Å². The first-order valence-electron chi connectivity index (χ1n) is 7.94. The first-order chi connectivity index (χ1) is 11.9. The summed E-state index contributed by atoms with van der Waals surface area (Å²) in [7, 11) is 0. The van der Waals surface area contributed by atoms with Gasteiger partial charge in [-0.1, -0.05) is 17.8 Å². The van der Waals surface area contributed by atoms with Crippen molar-refractivity contribution in [2.24, 2.45) is 4.99 Å². The van der Waals surface area contributed by atoms with Gasteiger partial charge >= 0.3 is 0 Å². The van der Waals surface area contributed by atoms with Gasteiger partial charge in [0.05, 0.1) is 4.92 Å². The Morgan fingerprint density at radius 2 is 2.16 bits per heavy atom. The van der Waals surface area contributed by atoms with Gasteiger partial charge < -0.3 is 5.32 Å². The van der Waals surface area contributed by atoms with E-state index in [1.165, 1.54) is 23.9 Å². The molecule has 1 aromatic carbocycles. The Bertz CT molecular complexity index is 735. The number of thioether (sulfide) groups is 1. The summed E-state index contributed by atoms with van der Waals surface area (Å²) in [6, 6.07) is 4.58. The molecule has 0 aliphatic carbocycles. The fraction of sp³-hybridized carbons (Fsp3) is 0.438. The summed E-state index contributed by atoms with van der Waals surface area (Å²) in [6.07, 6.45) is -0.0617. The van der Waals surface area contributed by atoms with Crippen molar-refractivity contribution in [2.45, 2.75) is 32.4 Å². The SMILES string of the molecule is CCN=C1SC(CC(=O)Nc2ccc(C)cc2[N+](=O)[O-])C(=O)N1CC. The van der Waals surface area contributed by atoms with E-state index in [1.807, 2.05) is 13.8 Å². The van der Waals surface area contributed by atoms with Gasteiger partial charge in [-0.3, -0.25) is 29.6 Å². The first-order valence-corrected chi connectivity index (χ1v) is 8.82. The highest BCUT2D eigenvalue weighted by atomic mass is 32.2. The zero-order chi connectivity index (χ0) is 18.6. The van der Waals surface area contributed by atoms with Crippen molar-refractivity contribution < 1.29 is 14.5 Å². The molecule has 1 fully saturated rings. The van der Waals surface area contributed by atoms with Crippen molar-refractivity contribution in [2.75, 3.05) is 18.4 Å². The molecule has 1 aromatic rings. The molecule has 1 atom stereocenters. The molecule has 1 aliphatic rings. The normalized spacial score (nSPS) is 18.7. The number of hydrogen-bond donors (Lipinski definition) is 1. The van der Waals surface area contributed by atoms with Crippen molar-refractivity contribution in [1.29, 1.82) is 0 Å². The van der Waals surface area contributed by atoms with E-state index in [2.05, 4.69) is 10.3 Å². The third kappa shape index (κ3) is 4.36. The van der Waals surface area contributed by atoms with E-state index in [9.17, 15) is 19.7 Å². The number of anilines is 1. The molecule has 8 nitrogen and oxygen atoms in total. The highest BCUT2D eigenvalue weighted by Crippen LogP contribution is 2.30. The molecule has 1 N–H and O–H groups in total. The summed E-state index contributed by atoms with van der Waals surface area (Å²) in [6.45, 7) is 6.51. The summed E-state index contributed by atoms with van der Waals surface area (Å²) in [4.78, 5) is 41.1. The number of benzene rings is 1. The van der Waals surface area contributed by atoms with Crippen molar-refractivity contribution in [3.8, 4) is 0 Å². The van der Waals surface area contributed by atoms with Crippen LogP contribution in [0.3, 0.4) is 0 Å². The Morgan fingerprint density at radius 3 is 2.76 bits per heavy atom. The number of aryl methyl sites for hydroxylation is 1. The minimum atomic E-state index is -0.560. The monoisotopic (exact) mass is 364 g/mol. The molecular formula is C16H20N4O4S. The van der Waals surface area contributed by atoms with E-state index in [-0.39, 0.29) is 23.7 Å². The van der Waals surface area contributed by atoms with Crippen LogP contribution >= 0.6 is 11.8 Å². The van der Waals surface area contributed by atoms with Crippen molar-refractivity contribution in [3.05, 3.63) is 33.9 Å². The molecule has 0 bridgehead atoms. The number of amides is 2. The number of amidine groups is 1. The van der Waals surface area contributed by atoms with Gasteiger partial charge in [0, 0.05) is 25.6 Å². The van der Waals surface area contributed by atoms with Crippen LogP contribution in [0.1, 0.15) is 25.8 Å². The van der Waals surface area contributed by atoms with Crippen LogP contribution in [0.15, 0.2) is 23.2 Å². The van der Waals surface area contributed by atoms with E-state index in [1.54, 1.807) is 17.9 Å². The molecule has 1 unspecified atom stereocenters. The second-order valence-corrected chi connectivity index (χ2v) is 6.65. The van der Waals surface area contributed by atoms with E-state index in [0.717, 1.165) is 5.56 Å². The average Bonchev–Trinajstić information content (AvgIpc) is 2.84. The summed E-state index contributed by atoms with van der Waals surface area (Å²) in [5.74, 6) is -0.597. The summed E-state index contributed by atoms with van der Waals surface area (Å²) < 4.78 is 0. The molecule has 0 spiro atoms. The molecular weight excluding hydrogens is 344 g/mol. The number of rotatable bonds is 6. The summed E-state index contributed by atoms with van der Waals surface area (Å²) in [5.41, 5.74) is 0.693. The van der Waals surface area contributed by atoms with Crippen LogP contribution in [-0.2, 0) is 9.59 Å². The lowest BCUT2D eigenvalue weighted by molar-refractivity contribution is -0.384. The highest BCUT2D eigenvalue weighted by Gasteiger charge is 2.38. The van der Waals surface area contributed by atoms with Crippen LogP contribution in [0, 0.1) is 17.0 Å². The van der Waals surface area contributed by atoms with E-state index in [0.29, 0.717) is 18.3 Å². The van der Waals surface area contributed by atoms with Crippen LogP contribution in [0.4, 0.5) is 11.4 Å². The van der Waals surface area contributed by atoms with Crippen LogP contribution in [-0.4, -0.2) is 45.1 Å². The highest BCUT2D eigenvalue weighted by molar-refractivity contribution is 8.15. The maximum atomic E-state index is 12.4. The van der Waals surface area contributed by atoms with Crippen LogP contribution < -0.4 is 5.32 Å². The lowest BCUT2D eigenvalue weighted by Crippen LogP contribution is -2.33. The number of nitrogens with zero attached hydrogens (tertiary/aromatic N) is 3. The zero-order valence-electron chi connectivity index (χ0n) is 14.3. The number of carbonyl (C=O) groups is 2. The standard InChI is InChI=1S/C16H20N4O4S/c1-4-17-16-19(5-2)15(22)13(25-16)9-14(21)18-11-7-6-10(3)8-12(11)20(23)24/h6-8,13H,4-5,9H2,1-3H3,(H,18,21). The summed E-state index contributed by atoms with van der Waals surface area (Å²) in [5, 5.41) is 13.7. The quantitative estimate of drug-likeness (QED) is 0.617. The summed E-state index contributed by atoms with van der Waals surface area (Å²) >= 11 is 1.26. The average molecular weight is 364 g/mol. The van der Waals surface area contributed by atoms with Gasteiger partial charge in [0.15, 0.2) is 5.17 Å². The minimum Gasteiger partial charge on any atom is -0.320 e. The van der Waals surface area contributed by atoms with Gasteiger partial charge in [0.25, 0.3) is 5.69 Å². The molecule has 1 heterocycles. The van der Waals surface area contributed by atoms with Gasteiger partial charge in [-0.15, -0.1) is 0 Å². The number of nitro benzene ring substituents is 1. The molecule has 25 heavy (non-hydrogen) atoms. The number of carbonyl (C=O) groups excluding carboxylic acids is 2. The molecule has 134 valence electrons. The molecule has 2 amide bonds. The number of nitro groups is 1. The maximum Gasteiger partial charge on any atom is 0.293 e. The molecule has 0 saturated carbocycles. The van der Waals surface area contributed by atoms with Crippen LogP contribution in [0.25, 0.3) is 0 Å². The molecule has 1 saturated heterocycles. The zero-order valence-corrected chi connectivity index (χ0v) is 15.1. The predicted molar refractivity (Wildman–Crippen MR) is 97.8 cm³/mol. The van der Waals surface area contributed by atoms with Crippen molar-refractivity contribution in [1.82, 2.24) is 4.90 Å². The van der Waals surface area contributed by atoms with Gasteiger partial charge in [-0.25, -0.2) is 0 Å². The Balaban J connectivity index is 2.10. The predicted octanol–water partition coefficient (Wildman–Crippen LogP) is 2.57. The Kier molecular flexibility index (Phi) is 6.13. The van der Waals surface area contributed by atoms with E-state index >= 15 is 0 Å². The number of hydrogen-bond acceptors (Lipinski definition) is 6. The fourth-order valence-corrected chi connectivity index (χ4v) is 3.72. The Labute approximate surface area is 149 Å². The largest absolute Gasteiger partial charge is 0.320 e. The van der Waals surface area contributed by atoms with Crippen molar-refractivity contribution in [3.63, 3.8) is 0 Å². The molecule has 0 aromatic heterocycles. The Hall–Kier alpha value is -2.42. The van der Waals surface area contributed by atoms with E-state index in [4.69, 9.17) is 0 Å². The fourth-order valence-electron chi connectivity index (χ4n) is 2.46. The Morgan fingerprint density at radius 1 is 1.44 bits per heavy atom. The van der Waals surface area contributed by atoms with Gasteiger partial charge in [0.1, 0.15) is 10.9 Å². The topological polar surface area (TPSA) is 105 Å². The second-order valence-electron chi connectivity index (χ2n) is 5.48. The maximum absolute atomic E-state index is 12.4. The van der Waals surface area contributed by atoms with Gasteiger partial charge in [0.2, 0.25) is 11.8 Å². The van der Waals surface area contributed by atoms with Crippen molar-refractivity contribution >= 4 is 40.1 Å². The van der Waals surface area contributed by atoms with Gasteiger partial charge in [-0.2, -0.15) is 0 Å². The third-order valence-electron chi connectivity index (χ3n) is 3.62. The number of aliphatic imine (C=N–C) groups is 1. The van der Waals surface area contributed by atoms with Crippen LogP contribution in [0.2, 0.25) is 0 Å². The third-order valence-corrected chi connectivity index (χ3v) is 4.84. The molecule has 0 radical (unpaired) electrons. The molecule has 1 aliphatic heterocycles. The lowest BCUT2D eigenvalue weighted by atomic mass is 10.2. The molecule has 9 heteroatoms.